The quantitative estimate of drug-likeness (QED) is 0.858. The molecule has 0 heterocycles. The van der Waals surface area contributed by atoms with Crippen LogP contribution < -0.4 is 0 Å². The fraction of sp³-hybridized carbons (Fsp3) is 0.533. The van der Waals surface area contributed by atoms with Gasteiger partial charge in [-0.3, -0.25) is 4.79 Å². The van der Waals surface area contributed by atoms with E-state index in [4.69, 9.17) is 9.84 Å². The molecule has 21 heavy (non-hydrogen) atoms. The summed E-state index contributed by atoms with van der Waals surface area (Å²) in [5.41, 5.74) is 0.629. The summed E-state index contributed by atoms with van der Waals surface area (Å²) in [6.45, 7) is -0.150. The second kappa shape index (κ2) is 6.15. The van der Waals surface area contributed by atoms with E-state index < -0.39 is 20.6 Å². The lowest BCUT2D eigenvalue weighted by Crippen LogP contribution is -2.48. The molecule has 0 radical (unpaired) electrons. The molecule has 0 bridgehead atoms. The number of benzene rings is 1. The zero-order chi connectivity index (χ0) is 15.5. The van der Waals surface area contributed by atoms with Gasteiger partial charge >= 0.3 is 5.97 Å². The predicted octanol–water partition coefficient (Wildman–Crippen LogP) is 1.83. The molecule has 6 heteroatoms. The molecule has 1 fully saturated rings. The summed E-state index contributed by atoms with van der Waals surface area (Å²) >= 11 is 0. The van der Waals surface area contributed by atoms with Gasteiger partial charge in [-0.2, -0.15) is 0 Å². The van der Waals surface area contributed by atoms with Crippen molar-refractivity contribution in [2.24, 2.45) is 0 Å². The van der Waals surface area contributed by atoms with Crippen molar-refractivity contribution in [3.63, 3.8) is 0 Å². The van der Waals surface area contributed by atoms with Crippen molar-refractivity contribution >= 4 is 15.8 Å². The van der Waals surface area contributed by atoms with Gasteiger partial charge in [-0.15, -0.1) is 0 Å². The Balaban J connectivity index is 2.48. The van der Waals surface area contributed by atoms with Crippen LogP contribution in [0.2, 0.25) is 0 Å². The number of methoxy groups -OCH3 is 1. The molecule has 2 rings (SSSR count). The van der Waals surface area contributed by atoms with E-state index in [-0.39, 0.29) is 11.5 Å². The van der Waals surface area contributed by atoms with E-state index in [2.05, 4.69) is 0 Å². The van der Waals surface area contributed by atoms with E-state index in [0.29, 0.717) is 31.2 Å². The van der Waals surface area contributed by atoms with Crippen molar-refractivity contribution in [3.8, 4) is 0 Å². The summed E-state index contributed by atoms with van der Waals surface area (Å²) in [5, 5.41) is 9.03. The number of hydrogen-bond acceptors (Lipinski definition) is 5. The number of esters is 1. The third kappa shape index (κ3) is 2.70. The van der Waals surface area contributed by atoms with Crippen LogP contribution in [-0.4, -0.2) is 31.4 Å². The number of aliphatic hydroxyl groups excluding tert-OH is 1. The van der Waals surface area contributed by atoms with E-state index in [9.17, 15) is 13.2 Å². The van der Waals surface area contributed by atoms with Gasteiger partial charge in [0, 0.05) is 0 Å². The topological polar surface area (TPSA) is 80.7 Å². The summed E-state index contributed by atoms with van der Waals surface area (Å²) in [6.07, 6.45) is 2.91. The molecule has 0 amide bonds. The summed E-state index contributed by atoms with van der Waals surface area (Å²) < 4.78 is 29.2. The van der Waals surface area contributed by atoms with Crippen LogP contribution in [0.4, 0.5) is 0 Å². The van der Waals surface area contributed by atoms with Crippen LogP contribution in [0.5, 0.6) is 0 Å². The maximum atomic E-state index is 12.9. The summed E-state index contributed by atoms with van der Waals surface area (Å²) in [7, 11) is -2.59. The van der Waals surface area contributed by atoms with Gasteiger partial charge in [0.05, 0.1) is 18.6 Å². The second-order valence-electron chi connectivity index (χ2n) is 5.35. The van der Waals surface area contributed by atoms with E-state index in [1.807, 2.05) is 0 Å². The molecule has 1 aromatic carbocycles. The van der Waals surface area contributed by atoms with E-state index in [0.717, 1.165) is 6.42 Å². The van der Waals surface area contributed by atoms with Crippen LogP contribution in [0.3, 0.4) is 0 Å². The van der Waals surface area contributed by atoms with E-state index in [1.165, 1.54) is 19.2 Å². The fourth-order valence-electron chi connectivity index (χ4n) is 2.89. The molecular formula is C15H20O5S. The van der Waals surface area contributed by atoms with Crippen LogP contribution in [0.15, 0.2) is 29.2 Å². The van der Waals surface area contributed by atoms with Gasteiger partial charge in [0.2, 0.25) is 0 Å². The minimum atomic E-state index is -3.82. The number of aliphatic hydroxyl groups is 1. The van der Waals surface area contributed by atoms with Crippen molar-refractivity contribution in [1.29, 1.82) is 0 Å². The third-order valence-electron chi connectivity index (χ3n) is 4.15. The van der Waals surface area contributed by atoms with Crippen molar-refractivity contribution in [3.05, 3.63) is 29.8 Å². The third-order valence-corrected chi connectivity index (χ3v) is 6.65. The Morgan fingerprint density at radius 3 is 2.24 bits per heavy atom. The molecule has 0 aromatic heterocycles. The summed E-state index contributed by atoms with van der Waals surface area (Å²) in [5.74, 6) is -0.673. The highest BCUT2D eigenvalue weighted by atomic mass is 32.2. The minimum absolute atomic E-state index is 0.104. The van der Waals surface area contributed by atoms with Crippen molar-refractivity contribution in [2.45, 2.75) is 48.4 Å². The number of sulfone groups is 1. The first kappa shape index (κ1) is 16.0. The predicted molar refractivity (Wildman–Crippen MR) is 77.4 cm³/mol. The molecule has 0 unspecified atom stereocenters. The average Bonchev–Trinajstić information content (AvgIpc) is 2.54. The fourth-order valence-corrected chi connectivity index (χ4v) is 4.97. The summed E-state index contributed by atoms with van der Waals surface area (Å²) in [6, 6.07) is 6.00. The molecule has 0 aliphatic heterocycles. The Bertz CT molecular complexity index is 597. The van der Waals surface area contributed by atoms with Gasteiger partial charge in [0.25, 0.3) is 0 Å². The molecule has 1 saturated carbocycles. The Morgan fingerprint density at radius 1 is 1.19 bits per heavy atom. The molecule has 1 N–H and O–H groups in total. The SMILES string of the molecule is COC(=O)C1(S(=O)(=O)c2ccc(CO)cc2)CCCCC1. The number of carbonyl (C=O) groups excluding carboxylic acids is 1. The van der Waals surface area contributed by atoms with Crippen LogP contribution in [0, 0.1) is 0 Å². The molecule has 0 saturated heterocycles. The van der Waals surface area contributed by atoms with Gasteiger partial charge < -0.3 is 9.84 Å². The zero-order valence-corrected chi connectivity index (χ0v) is 12.9. The van der Waals surface area contributed by atoms with Crippen molar-refractivity contribution < 1.29 is 23.1 Å². The van der Waals surface area contributed by atoms with Gasteiger partial charge in [0.15, 0.2) is 14.6 Å². The number of hydrogen-bond donors (Lipinski definition) is 1. The Kier molecular flexibility index (Phi) is 4.68. The molecule has 1 aliphatic carbocycles. The van der Waals surface area contributed by atoms with E-state index >= 15 is 0 Å². The highest BCUT2D eigenvalue weighted by Crippen LogP contribution is 2.40. The normalized spacial score (nSPS) is 18.2. The second-order valence-corrected chi connectivity index (χ2v) is 7.61. The van der Waals surface area contributed by atoms with Crippen LogP contribution in [-0.2, 0) is 26.0 Å². The van der Waals surface area contributed by atoms with Crippen LogP contribution in [0.25, 0.3) is 0 Å². The molecule has 0 atom stereocenters. The molecular weight excluding hydrogens is 292 g/mol. The smallest absolute Gasteiger partial charge is 0.327 e. The van der Waals surface area contributed by atoms with Crippen molar-refractivity contribution in [1.82, 2.24) is 0 Å². The lowest BCUT2D eigenvalue weighted by Gasteiger charge is -2.33. The highest BCUT2D eigenvalue weighted by Gasteiger charge is 2.52. The first-order chi connectivity index (χ1) is 9.98. The highest BCUT2D eigenvalue weighted by molar-refractivity contribution is 7.93. The number of carbonyl (C=O) groups is 1. The molecule has 0 spiro atoms. The van der Waals surface area contributed by atoms with Gasteiger partial charge in [-0.1, -0.05) is 31.4 Å². The van der Waals surface area contributed by atoms with Crippen molar-refractivity contribution in [2.75, 3.05) is 7.11 Å². The lowest BCUT2D eigenvalue weighted by atomic mass is 9.88. The van der Waals surface area contributed by atoms with Gasteiger partial charge in [-0.25, -0.2) is 8.42 Å². The Hall–Kier alpha value is -1.40. The maximum absolute atomic E-state index is 12.9. The number of rotatable bonds is 4. The monoisotopic (exact) mass is 312 g/mol. The molecule has 116 valence electrons. The standard InChI is InChI=1S/C15H20O5S/c1-20-14(17)15(9-3-2-4-10-15)21(18,19)13-7-5-12(11-16)6-8-13/h5-8,16H,2-4,9-11H2,1H3. The van der Waals surface area contributed by atoms with E-state index in [1.54, 1.807) is 12.1 Å². The van der Waals surface area contributed by atoms with Crippen LogP contribution >= 0.6 is 0 Å². The molecule has 1 aliphatic rings. The van der Waals surface area contributed by atoms with Crippen LogP contribution in [0.1, 0.15) is 37.7 Å². The lowest BCUT2D eigenvalue weighted by molar-refractivity contribution is -0.144. The first-order valence-electron chi connectivity index (χ1n) is 7.01. The maximum Gasteiger partial charge on any atom is 0.327 e. The summed E-state index contributed by atoms with van der Waals surface area (Å²) in [4.78, 5) is 12.3. The minimum Gasteiger partial charge on any atom is -0.468 e. The Labute approximate surface area is 124 Å². The largest absolute Gasteiger partial charge is 0.468 e. The Morgan fingerprint density at radius 2 is 1.76 bits per heavy atom. The van der Waals surface area contributed by atoms with Gasteiger partial charge in [-0.05, 0) is 30.5 Å². The average molecular weight is 312 g/mol. The van der Waals surface area contributed by atoms with Gasteiger partial charge in [0.1, 0.15) is 0 Å². The molecule has 5 nitrogen and oxygen atoms in total. The zero-order valence-electron chi connectivity index (χ0n) is 12.0. The first-order valence-corrected chi connectivity index (χ1v) is 8.49. The molecule has 1 aromatic rings. The number of ether oxygens (including phenoxy) is 1.